The van der Waals surface area contributed by atoms with Crippen LogP contribution < -0.4 is 0 Å². The first kappa shape index (κ1) is 66.1. The molecule has 0 aromatic rings. The third-order valence-corrected chi connectivity index (χ3v) is 13.9. The number of allylic oxidation sites excluding steroid dienone is 4. The maximum atomic E-state index is 13.1. The molecule has 4 unspecified atom stereocenters. The molecule has 0 amide bonds. The van der Waals surface area contributed by atoms with Crippen molar-refractivity contribution in [3.63, 3.8) is 0 Å². The summed E-state index contributed by atoms with van der Waals surface area (Å²) in [6.07, 6.45) is 30.7. The Kier molecular flexibility index (Phi) is 40.5. The van der Waals surface area contributed by atoms with E-state index >= 15 is 0 Å². The number of ether oxygens (including phenoxy) is 6. The first-order valence-electron chi connectivity index (χ1n) is 28.9. The van der Waals surface area contributed by atoms with Crippen LogP contribution in [0.4, 0.5) is 0 Å². The lowest BCUT2D eigenvalue weighted by Gasteiger charge is -2.42. The van der Waals surface area contributed by atoms with Gasteiger partial charge < -0.3 is 64.2 Å². The Balaban J connectivity index is 1.77. The molecule has 2 rings (SSSR count). The largest absolute Gasteiger partial charge is 0.462 e. The van der Waals surface area contributed by atoms with Crippen LogP contribution in [-0.4, -0.2) is 142 Å². The molecule has 0 aliphatic carbocycles. The predicted molar refractivity (Wildman–Crippen MR) is 280 cm³/mol. The second-order valence-electron chi connectivity index (χ2n) is 20.5. The van der Waals surface area contributed by atoms with E-state index in [0.29, 0.717) is 19.3 Å². The van der Waals surface area contributed by atoms with E-state index < -0.39 is 99.3 Å². The van der Waals surface area contributed by atoms with Crippen LogP contribution in [0.5, 0.6) is 0 Å². The van der Waals surface area contributed by atoms with E-state index in [1.165, 1.54) is 154 Å². The number of rotatable bonds is 46. The fraction of sp³-hybridized carbons (Fsp3) is 0.895. The van der Waals surface area contributed by atoms with Gasteiger partial charge in [-0.2, -0.15) is 0 Å². The van der Waals surface area contributed by atoms with Gasteiger partial charge in [0, 0.05) is 12.8 Å². The number of carbonyl (C=O) groups is 2. The molecule has 7 N–H and O–H groups in total. The van der Waals surface area contributed by atoms with Crippen molar-refractivity contribution in [1.82, 2.24) is 0 Å². The zero-order valence-electron chi connectivity index (χ0n) is 44.9. The van der Waals surface area contributed by atoms with Crippen molar-refractivity contribution in [2.75, 3.05) is 26.4 Å². The van der Waals surface area contributed by atoms with Gasteiger partial charge in [-0.25, -0.2) is 0 Å². The highest BCUT2D eigenvalue weighted by Gasteiger charge is 2.47. The zero-order chi connectivity index (χ0) is 52.4. The molecule has 0 bridgehead atoms. The fourth-order valence-electron chi connectivity index (χ4n) is 9.20. The molecule has 2 aliphatic rings. The van der Waals surface area contributed by atoms with Gasteiger partial charge in [-0.3, -0.25) is 9.59 Å². The summed E-state index contributed by atoms with van der Waals surface area (Å²) in [7, 11) is 0. The SMILES string of the molecule is CCCCCCCCCCC/C=C/C/C=C/CCCC(=O)OC[C@H](CO[C@H]1O[C@@H](CO[C@H]2O[C@@H](CO)[C@@H](O)C(O)C2O)[C@@H](O)C(O)C1O)OC(=O)CCCCCCCCCCCCCCCCCCCCC. The van der Waals surface area contributed by atoms with Crippen LogP contribution in [0.1, 0.15) is 232 Å². The van der Waals surface area contributed by atoms with Crippen LogP contribution in [-0.2, 0) is 38.0 Å². The van der Waals surface area contributed by atoms with Gasteiger partial charge in [0.15, 0.2) is 18.7 Å². The number of hydrogen-bond acceptors (Lipinski definition) is 15. The van der Waals surface area contributed by atoms with E-state index in [1.54, 1.807) is 0 Å². The third-order valence-electron chi connectivity index (χ3n) is 13.9. The van der Waals surface area contributed by atoms with Crippen LogP contribution >= 0.6 is 0 Å². The van der Waals surface area contributed by atoms with Gasteiger partial charge in [-0.15, -0.1) is 0 Å². The first-order chi connectivity index (χ1) is 35.0. The van der Waals surface area contributed by atoms with Crippen LogP contribution in [0.15, 0.2) is 24.3 Å². The standard InChI is InChI=1S/C57H104O15/c1-3-5-7-9-11-13-15-17-19-21-22-24-26-28-30-32-34-36-38-40-49(60)70-45(42-67-48(59)39-37-35-33-31-29-27-25-23-20-18-16-14-12-10-8-6-4-2)43-68-56-55(66)53(64)51(62)47(72-56)44-69-57-54(65)52(63)50(61)46(41-58)71-57/h25,27,31,33,45-47,50-58,61-66H,3-24,26,28-30,32,34-44H2,1-2H3/b27-25+,33-31+/t45-,46+,47+,50-,51-,52?,53?,54?,55?,56+,57+/m1/s1. The van der Waals surface area contributed by atoms with E-state index in [9.17, 15) is 45.3 Å². The second-order valence-corrected chi connectivity index (χ2v) is 20.5. The Bertz CT molecular complexity index is 1350. The minimum Gasteiger partial charge on any atom is -0.462 e. The number of hydrogen-bond donors (Lipinski definition) is 7. The molecule has 2 aliphatic heterocycles. The van der Waals surface area contributed by atoms with E-state index in [4.69, 9.17) is 28.4 Å². The van der Waals surface area contributed by atoms with Gasteiger partial charge >= 0.3 is 11.9 Å². The first-order valence-corrected chi connectivity index (χ1v) is 28.9. The lowest BCUT2D eigenvalue weighted by molar-refractivity contribution is -0.332. The van der Waals surface area contributed by atoms with Crippen molar-refractivity contribution < 1.29 is 73.8 Å². The molecule has 0 aromatic carbocycles. The maximum Gasteiger partial charge on any atom is 0.306 e. The molecule has 0 saturated carbocycles. The lowest BCUT2D eigenvalue weighted by atomic mass is 9.98. The maximum absolute atomic E-state index is 13.1. The summed E-state index contributed by atoms with van der Waals surface area (Å²) in [4.78, 5) is 25.8. The molecule has 72 heavy (non-hydrogen) atoms. The summed E-state index contributed by atoms with van der Waals surface area (Å²) >= 11 is 0. The number of unbranched alkanes of at least 4 members (excludes halogenated alkanes) is 28. The van der Waals surface area contributed by atoms with Gasteiger partial charge in [0.05, 0.1) is 19.8 Å². The molecule has 0 aromatic heterocycles. The monoisotopic (exact) mass is 1030 g/mol. The molecule has 2 heterocycles. The Hall–Kier alpha value is -2.02. The normalized spacial score (nSPS) is 25.1. The number of carbonyl (C=O) groups excluding carboxylic acids is 2. The summed E-state index contributed by atoms with van der Waals surface area (Å²) in [5.41, 5.74) is 0. The predicted octanol–water partition coefficient (Wildman–Crippen LogP) is 9.50. The van der Waals surface area contributed by atoms with Crippen LogP contribution in [0.3, 0.4) is 0 Å². The van der Waals surface area contributed by atoms with Crippen molar-refractivity contribution in [2.24, 2.45) is 0 Å². The molecule has 422 valence electrons. The van der Waals surface area contributed by atoms with Crippen LogP contribution in [0.25, 0.3) is 0 Å². The summed E-state index contributed by atoms with van der Waals surface area (Å²) in [5.74, 6) is -0.965. The fourth-order valence-corrected chi connectivity index (χ4v) is 9.20. The van der Waals surface area contributed by atoms with E-state index in [-0.39, 0.29) is 19.4 Å². The number of aliphatic hydroxyl groups excluding tert-OH is 7. The van der Waals surface area contributed by atoms with Crippen LogP contribution in [0, 0.1) is 0 Å². The molecule has 0 radical (unpaired) electrons. The summed E-state index contributed by atoms with van der Waals surface area (Å²) in [6.45, 7) is 2.59. The molecule has 11 atom stereocenters. The van der Waals surface area contributed by atoms with Crippen molar-refractivity contribution in [3.8, 4) is 0 Å². The Labute approximate surface area is 434 Å². The van der Waals surface area contributed by atoms with Crippen molar-refractivity contribution in [1.29, 1.82) is 0 Å². The highest BCUT2D eigenvalue weighted by molar-refractivity contribution is 5.70. The average molecular weight is 1030 g/mol. The molecular formula is C57H104O15. The molecule has 2 fully saturated rings. The van der Waals surface area contributed by atoms with Gasteiger partial charge in [0.1, 0.15) is 55.4 Å². The average Bonchev–Trinajstić information content (AvgIpc) is 3.37. The lowest BCUT2D eigenvalue weighted by Crippen LogP contribution is -2.61. The second kappa shape index (κ2) is 44.1. The zero-order valence-corrected chi connectivity index (χ0v) is 44.9. The van der Waals surface area contributed by atoms with E-state index in [0.717, 1.165) is 32.1 Å². The minimum absolute atomic E-state index is 0.157. The molecule has 0 spiro atoms. The molecule has 15 nitrogen and oxygen atoms in total. The Morgan fingerprint density at radius 3 is 1.33 bits per heavy atom. The number of esters is 2. The Morgan fingerprint density at radius 2 is 0.847 bits per heavy atom. The smallest absolute Gasteiger partial charge is 0.306 e. The van der Waals surface area contributed by atoms with Gasteiger partial charge in [-0.1, -0.05) is 205 Å². The van der Waals surface area contributed by atoms with Crippen LogP contribution in [0.2, 0.25) is 0 Å². The third kappa shape index (κ3) is 31.1. The highest BCUT2D eigenvalue weighted by atomic mass is 16.7. The topological polar surface area (TPSA) is 231 Å². The molecule has 2 saturated heterocycles. The van der Waals surface area contributed by atoms with Gasteiger partial charge in [0.2, 0.25) is 0 Å². The van der Waals surface area contributed by atoms with Crippen molar-refractivity contribution in [3.05, 3.63) is 24.3 Å². The van der Waals surface area contributed by atoms with E-state index in [1.807, 2.05) is 0 Å². The summed E-state index contributed by atoms with van der Waals surface area (Å²) < 4.78 is 33.6. The summed E-state index contributed by atoms with van der Waals surface area (Å²) in [6, 6.07) is 0. The number of aliphatic hydroxyl groups is 7. The molecular weight excluding hydrogens is 925 g/mol. The van der Waals surface area contributed by atoms with Crippen molar-refractivity contribution in [2.45, 2.75) is 300 Å². The molecule has 15 heteroatoms. The van der Waals surface area contributed by atoms with Gasteiger partial charge in [-0.05, 0) is 38.5 Å². The Morgan fingerprint density at radius 1 is 0.444 bits per heavy atom. The summed E-state index contributed by atoms with van der Waals surface area (Å²) in [5, 5.41) is 72.2. The van der Waals surface area contributed by atoms with Gasteiger partial charge in [0.25, 0.3) is 0 Å². The quantitative estimate of drug-likeness (QED) is 0.0171. The van der Waals surface area contributed by atoms with Crippen molar-refractivity contribution >= 4 is 11.9 Å². The highest BCUT2D eigenvalue weighted by Crippen LogP contribution is 2.27. The van der Waals surface area contributed by atoms with E-state index in [2.05, 4.69) is 38.2 Å². The minimum atomic E-state index is -1.77.